The second-order valence-corrected chi connectivity index (χ2v) is 7.67. The Kier molecular flexibility index (Phi) is 6.66. The molecule has 0 aliphatic heterocycles. The summed E-state index contributed by atoms with van der Waals surface area (Å²) in [4.78, 5) is 0. The normalized spacial score (nSPS) is 11.1. The summed E-state index contributed by atoms with van der Waals surface area (Å²) < 4.78 is 0. The monoisotopic (exact) mass is 322 g/mol. The van der Waals surface area contributed by atoms with Gasteiger partial charge in [-0.2, -0.15) is 0 Å². The van der Waals surface area contributed by atoms with E-state index in [1.807, 2.05) is 0 Å². The molecule has 0 spiro atoms. The molecule has 2 aromatic carbocycles. The molecule has 0 aliphatic carbocycles. The van der Waals surface area contributed by atoms with Crippen molar-refractivity contribution in [1.82, 2.24) is 0 Å². The van der Waals surface area contributed by atoms with Gasteiger partial charge in [0.05, 0.1) is 0 Å². The van der Waals surface area contributed by atoms with Crippen LogP contribution in [0.4, 0.5) is 0 Å². The number of benzene rings is 2. The molecule has 0 nitrogen and oxygen atoms in total. The summed E-state index contributed by atoms with van der Waals surface area (Å²) in [5.74, 6) is 0. The summed E-state index contributed by atoms with van der Waals surface area (Å²) in [5, 5.41) is 0. The van der Waals surface area contributed by atoms with Crippen molar-refractivity contribution >= 4 is 0 Å². The van der Waals surface area contributed by atoms with Crippen molar-refractivity contribution in [3.05, 3.63) is 68.8 Å². The fourth-order valence-electron chi connectivity index (χ4n) is 4.17. The van der Waals surface area contributed by atoms with Gasteiger partial charge in [0.1, 0.15) is 0 Å². The van der Waals surface area contributed by atoms with Gasteiger partial charge in [0.15, 0.2) is 0 Å². The smallest absolute Gasteiger partial charge is 0.0274 e. The minimum atomic E-state index is 1.24. The van der Waals surface area contributed by atoms with Gasteiger partial charge in [0.25, 0.3) is 0 Å². The molecular weight excluding hydrogens is 288 g/mol. The average Bonchev–Trinajstić information content (AvgIpc) is 2.46. The third kappa shape index (κ3) is 4.97. The molecule has 0 bridgehead atoms. The summed E-state index contributed by atoms with van der Waals surface area (Å²) >= 11 is 0. The second-order valence-electron chi connectivity index (χ2n) is 7.67. The highest BCUT2D eigenvalue weighted by Gasteiger charge is 2.05. The van der Waals surface area contributed by atoms with Crippen molar-refractivity contribution in [2.24, 2.45) is 0 Å². The first-order chi connectivity index (χ1) is 11.4. The molecule has 0 amide bonds. The Bertz CT molecular complexity index is 584. The van der Waals surface area contributed by atoms with Crippen LogP contribution in [0.5, 0.6) is 0 Å². The largest absolute Gasteiger partial charge is 0.0561 e. The molecule has 0 N–H and O–H groups in total. The fraction of sp³-hybridized carbons (Fsp3) is 0.500. The summed E-state index contributed by atoms with van der Waals surface area (Å²) in [6.07, 6.45) is 7.79. The highest BCUT2D eigenvalue weighted by molar-refractivity contribution is 5.38. The molecule has 2 rings (SSSR count). The van der Waals surface area contributed by atoms with Crippen LogP contribution >= 0.6 is 0 Å². The maximum atomic E-state index is 2.32. The molecule has 24 heavy (non-hydrogen) atoms. The maximum Gasteiger partial charge on any atom is -0.0274 e. The van der Waals surface area contributed by atoms with Gasteiger partial charge in [-0.25, -0.2) is 0 Å². The minimum Gasteiger partial charge on any atom is -0.0561 e. The van der Waals surface area contributed by atoms with E-state index < -0.39 is 0 Å². The van der Waals surface area contributed by atoms with Gasteiger partial charge in [-0.3, -0.25) is 0 Å². The first kappa shape index (κ1) is 18.8. The molecule has 0 saturated carbocycles. The molecule has 0 heterocycles. The highest BCUT2D eigenvalue weighted by Crippen LogP contribution is 2.21. The average molecular weight is 323 g/mol. The van der Waals surface area contributed by atoms with E-state index in [0.29, 0.717) is 0 Å². The minimum absolute atomic E-state index is 1.24. The SMILES string of the molecule is Cc1cc(C)c(CCCCCCc2c(C)cc(C)cc2C)c(C)c1. The lowest BCUT2D eigenvalue weighted by atomic mass is 9.93. The van der Waals surface area contributed by atoms with E-state index in [1.54, 1.807) is 11.1 Å². The first-order valence-corrected chi connectivity index (χ1v) is 9.52. The number of aryl methyl sites for hydroxylation is 6. The summed E-state index contributed by atoms with van der Waals surface area (Å²) in [7, 11) is 0. The van der Waals surface area contributed by atoms with Crippen LogP contribution in [0.3, 0.4) is 0 Å². The molecule has 0 atom stereocenters. The first-order valence-electron chi connectivity index (χ1n) is 9.52. The zero-order valence-corrected chi connectivity index (χ0v) is 16.6. The lowest BCUT2D eigenvalue weighted by Crippen LogP contribution is -1.97. The van der Waals surface area contributed by atoms with E-state index in [-0.39, 0.29) is 0 Å². The van der Waals surface area contributed by atoms with Gasteiger partial charge in [-0.1, -0.05) is 48.2 Å². The number of hydrogen-bond acceptors (Lipinski definition) is 0. The van der Waals surface area contributed by atoms with E-state index in [4.69, 9.17) is 0 Å². The Morgan fingerprint density at radius 1 is 0.458 bits per heavy atom. The van der Waals surface area contributed by atoms with Crippen molar-refractivity contribution in [1.29, 1.82) is 0 Å². The van der Waals surface area contributed by atoms with E-state index in [1.165, 1.54) is 71.9 Å². The molecule has 0 radical (unpaired) electrons. The van der Waals surface area contributed by atoms with E-state index in [0.717, 1.165) is 0 Å². The number of hydrogen-bond donors (Lipinski definition) is 0. The van der Waals surface area contributed by atoms with Crippen LogP contribution in [0.25, 0.3) is 0 Å². The zero-order valence-electron chi connectivity index (χ0n) is 16.6. The Morgan fingerprint density at radius 3 is 1.04 bits per heavy atom. The standard InChI is InChI=1S/C24H34/c1-17-13-19(3)23(20(4)14-17)11-9-7-8-10-12-24-21(5)15-18(2)16-22(24)6/h13-16H,7-12H2,1-6H3. The molecule has 0 heteroatoms. The molecule has 2 aromatic rings. The number of rotatable bonds is 7. The van der Waals surface area contributed by atoms with E-state index in [9.17, 15) is 0 Å². The molecule has 0 aromatic heterocycles. The van der Waals surface area contributed by atoms with Crippen molar-refractivity contribution in [2.45, 2.75) is 80.1 Å². The quantitative estimate of drug-likeness (QED) is 0.487. The molecule has 0 aliphatic rings. The van der Waals surface area contributed by atoms with Gasteiger partial charge >= 0.3 is 0 Å². The van der Waals surface area contributed by atoms with Gasteiger partial charge in [0, 0.05) is 0 Å². The maximum absolute atomic E-state index is 2.32. The van der Waals surface area contributed by atoms with Crippen molar-refractivity contribution in [3.63, 3.8) is 0 Å². The van der Waals surface area contributed by atoms with Crippen LogP contribution in [0.2, 0.25) is 0 Å². The molecule has 0 unspecified atom stereocenters. The summed E-state index contributed by atoms with van der Waals surface area (Å²) in [6, 6.07) is 9.30. The molecular formula is C24H34. The van der Waals surface area contributed by atoms with Crippen molar-refractivity contribution in [3.8, 4) is 0 Å². The van der Waals surface area contributed by atoms with Crippen LogP contribution in [0.15, 0.2) is 24.3 Å². The Morgan fingerprint density at radius 2 is 0.750 bits per heavy atom. The van der Waals surface area contributed by atoms with E-state index >= 15 is 0 Å². The van der Waals surface area contributed by atoms with Gasteiger partial charge in [-0.05, 0) is 101 Å². The van der Waals surface area contributed by atoms with Crippen LogP contribution in [0, 0.1) is 41.5 Å². The van der Waals surface area contributed by atoms with Gasteiger partial charge < -0.3 is 0 Å². The fourth-order valence-corrected chi connectivity index (χ4v) is 4.17. The lowest BCUT2D eigenvalue weighted by Gasteiger charge is -2.12. The summed E-state index contributed by atoms with van der Waals surface area (Å²) in [6.45, 7) is 13.4. The molecule has 130 valence electrons. The number of unbranched alkanes of at least 4 members (excludes halogenated alkanes) is 3. The molecule has 0 saturated heterocycles. The van der Waals surface area contributed by atoms with Crippen LogP contribution in [-0.4, -0.2) is 0 Å². The third-order valence-electron chi connectivity index (χ3n) is 5.28. The predicted molar refractivity (Wildman–Crippen MR) is 107 cm³/mol. The van der Waals surface area contributed by atoms with Gasteiger partial charge in [0.2, 0.25) is 0 Å². The van der Waals surface area contributed by atoms with Crippen molar-refractivity contribution < 1.29 is 0 Å². The van der Waals surface area contributed by atoms with Crippen molar-refractivity contribution in [2.75, 3.05) is 0 Å². The van der Waals surface area contributed by atoms with Crippen LogP contribution in [0.1, 0.15) is 70.2 Å². The lowest BCUT2D eigenvalue weighted by molar-refractivity contribution is 0.637. The Balaban J connectivity index is 1.77. The predicted octanol–water partition coefficient (Wildman–Crippen LogP) is 6.88. The topological polar surface area (TPSA) is 0 Å². The second kappa shape index (κ2) is 8.51. The van der Waals surface area contributed by atoms with Gasteiger partial charge in [-0.15, -0.1) is 0 Å². The summed E-state index contributed by atoms with van der Waals surface area (Å²) in [5.41, 5.74) is 11.8. The Hall–Kier alpha value is -1.56. The Labute approximate surface area is 149 Å². The van der Waals surface area contributed by atoms with Crippen LogP contribution in [-0.2, 0) is 12.8 Å². The molecule has 0 fully saturated rings. The highest BCUT2D eigenvalue weighted by atomic mass is 14.1. The zero-order chi connectivity index (χ0) is 17.7. The van der Waals surface area contributed by atoms with E-state index in [2.05, 4.69) is 65.8 Å². The van der Waals surface area contributed by atoms with Crippen LogP contribution < -0.4 is 0 Å². The third-order valence-corrected chi connectivity index (χ3v) is 5.28.